The Labute approximate surface area is 248 Å². The van der Waals surface area contributed by atoms with E-state index in [0.717, 1.165) is 63.9 Å². The zero-order valence-corrected chi connectivity index (χ0v) is 24.4. The number of halogens is 1. The molecular weight excluding hydrogens is 523 g/mol. The highest BCUT2D eigenvalue weighted by Crippen LogP contribution is 2.42. The molecule has 1 aliphatic carbocycles. The predicted molar refractivity (Wildman–Crippen MR) is 168 cm³/mol. The standard InChI is InChI=1S/C36H41FN4O/c37-29-13-8-16-32(23-29)41-34(42)24-33(38-30-14-5-2-6-15-30)36(41)17-19-40(20-18-36)25-28-12-7-11-27-22-31(39-35(27)28)21-26-9-3-1-4-10-26/h1,3-4,7-13,16,23,30-31,39H,2,5-6,14-15,17-22,24-25H2. The maximum atomic E-state index is 14.4. The van der Waals surface area contributed by atoms with Crippen molar-refractivity contribution in [3.63, 3.8) is 0 Å². The first-order valence-corrected chi connectivity index (χ1v) is 15.9. The van der Waals surface area contributed by atoms with Gasteiger partial charge in [0.25, 0.3) is 0 Å². The molecule has 3 aliphatic heterocycles. The molecule has 42 heavy (non-hydrogen) atoms. The number of piperidine rings is 1. The van der Waals surface area contributed by atoms with Gasteiger partial charge in [0, 0.05) is 48.8 Å². The second-order valence-corrected chi connectivity index (χ2v) is 12.7. The topological polar surface area (TPSA) is 47.9 Å². The van der Waals surface area contributed by atoms with Crippen LogP contribution in [0.15, 0.2) is 77.8 Å². The molecule has 3 aromatic rings. The summed E-state index contributed by atoms with van der Waals surface area (Å²) < 4.78 is 14.4. The van der Waals surface area contributed by atoms with E-state index in [-0.39, 0.29) is 11.7 Å². The minimum absolute atomic E-state index is 0.0538. The Balaban J connectivity index is 1.10. The first-order valence-electron chi connectivity index (χ1n) is 15.9. The molecule has 3 aromatic carbocycles. The Bertz CT molecular complexity index is 1460. The van der Waals surface area contributed by atoms with E-state index in [2.05, 4.69) is 58.7 Å². The van der Waals surface area contributed by atoms with Crippen LogP contribution in [0, 0.1) is 5.82 Å². The van der Waals surface area contributed by atoms with Gasteiger partial charge in [-0.2, -0.15) is 0 Å². The number of carbonyl (C=O) groups is 1. The summed E-state index contributed by atoms with van der Waals surface area (Å²) in [7, 11) is 0. The third kappa shape index (κ3) is 5.37. The number of likely N-dealkylation sites (tertiary alicyclic amines) is 1. The number of anilines is 2. The Hall–Kier alpha value is -3.51. The van der Waals surface area contributed by atoms with Crippen molar-refractivity contribution in [2.24, 2.45) is 4.99 Å². The number of fused-ring (bicyclic) bond motifs is 1. The fourth-order valence-electron chi connectivity index (χ4n) is 7.87. The molecule has 5 nitrogen and oxygen atoms in total. The van der Waals surface area contributed by atoms with Crippen LogP contribution in [-0.4, -0.2) is 47.2 Å². The minimum atomic E-state index is -0.462. The van der Waals surface area contributed by atoms with Gasteiger partial charge in [0.05, 0.1) is 12.0 Å². The van der Waals surface area contributed by atoms with Crippen LogP contribution < -0.4 is 10.2 Å². The van der Waals surface area contributed by atoms with Gasteiger partial charge in [-0.15, -0.1) is 0 Å². The lowest BCUT2D eigenvalue weighted by molar-refractivity contribution is -0.117. The Morgan fingerprint density at radius 3 is 2.50 bits per heavy atom. The third-order valence-corrected chi connectivity index (χ3v) is 9.97. The van der Waals surface area contributed by atoms with Crippen LogP contribution >= 0.6 is 0 Å². The number of hydrogen-bond acceptors (Lipinski definition) is 4. The molecule has 2 saturated heterocycles. The zero-order valence-electron chi connectivity index (χ0n) is 24.4. The largest absolute Gasteiger partial charge is 0.381 e. The van der Waals surface area contributed by atoms with Gasteiger partial charge < -0.3 is 10.2 Å². The molecule has 1 saturated carbocycles. The van der Waals surface area contributed by atoms with E-state index in [1.54, 1.807) is 6.07 Å². The van der Waals surface area contributed by atoms with Crippen LogP contribution in [-0.2, 0) is 24.2 Å². The zero-order chi connectivity index (χ0) is 28.5. The Morgan fingerprint density at radius 1 is 0.929 bits per heavy atom. The molecule has 1 atom stereocenters. The van der Waals surface area contributed by atoms with Crippen molar-refractivity contribution >= 4 is 23.0 Å². The van der Waals surface area contributed by atoms with E-state index in [1.165, 1.54) is 53.8 Å². The predicted octanol–water partition coefficient (Wildman–Crippen LogP) is 6.95. The molecule has 4 aliphatic rings. The second kappa shape index (κ2) is 11.6. The maximum absolute atomic E-state index is 14.4. The molecule has 1 amide bonds. The fraction of sp³-hybridized carbons (Fsp3) is 0.444. The normalized spacial score (nSPS) is 23.5. The van der Waals surface area contributed by atoms with Crippen molar-refractivity contribution < 1.29 is 9.18 Å². The van der Waals surface area contributed by atoms with Gasteiger partial charge in [-0.3, -0.25) is 14.7 Å². The van der Waals surface area contributed by atoms with Crippen LogP contribution in [0.25, 0.3) is 0 Å². The molecule has 3 fully saturated rings. The molecule has 0 bridgehead atoms. The summed E-state index contributed by atoms with van der Waals surface area (Å²) in [5.41, 5.74) is 6.66. The average Bonchev–Trinajstić information content (AvgIpc) is 3.53. The molecule has 7 rings (SSSR count). The summed E-state index contributed by atoms with van der Waals surface area (Å²) in [4.78, 5) is 23.3. The summed E-state index contributed by atoms with van der Waals surface area (Å²) in [5, 5.41) is 3.85. The quantitative estimate of drug-likeness (QED) is 0.353. The van der Waals surface area contributed by atoms with Crippen molar-refractivity contribution in [1.29, 1.82) is 0 Å². The third-order valence-electron chi connectivity index (χ3n) is 9.97. The molecule has 0 aromatic heterocycles. The van der Waals surface area contributed by atoms with Crippen molar-refractivity contribution in [1.82, 2.24) is 4.90 Å². The average molecular weight is 565 g/mol. The number of amides is 1. The second-order valence-electron chi connectivity index (χ2n) is 12.7. The van der Waals surface area contributed by atoms with Gasteiger partial charge in [-0.05, 0) is 73.4 Å². The molecule has 218 valence electrons. The van der Waals surface area contributed by atoms with Crippen molar-refractivity contribution in [2.45, 2.75) is 88.4 Å². The van der Waals surface area contributed by atoms with Crippen LogP contribution in [0.5, 0.6) is 0 Å². The summed E-state index contributed by atoms with van der Waals surface area (Å²) in [6, 6.07) is 24.7. The number of aliphatic imine (C=N–C) groups is 1. The first kappa shape index (κ1) is 27.3. The smallest absolute Gasteiger partial charge is 0.233 e. The van der Waals surface area contributed by atoms with E-state index in [9.17, 15) is 9.18 Å². The van der Waals surface area contributed by atoms with E-state index in [1.807, 2.05) is 11.0 Å². The van der Waals surface area contributed by atoms with Crippen LogP contribution in [0.4, 0.5) is 15.8 Å². The molecular formula is C36H41FN4O. The van der Waals surface area contributed by atoms with Gasteiger partial charge >= 0.3 is 0 Å². The highest BCUT2D eigenvalue weighted by molar-refractivity contribution is 6.21. The summed E-state index contributed by atoms with van der Waals surface area (Å²) in [6.07, 6.45) is 9.99. The van der Waals surface area contributed by atoms with Gasteiger partial charge in [-0.25, -0.2) is 4.39 Å². The van der Waals surface area contributed by atoms with Crippen molar-refractivity contribution in [3.8, 4) is 0 Å². The number of nitrogens with one attached hydrogen (secondary N) is 1. The monoisotopic (exact) mass is 564 g/mol. The van der Waals surface area contributed by atoms with E-state index < -0.39 is 5.54 Å². The summed E-state index contributed by atoms with van der Waals surface area (Å²) in [6.45, 7) is 2.63. The SMILES string of the molecule is O=C1CC(=NC2CCCCC2)C2(CCN(Cc3cccc4c3NC(Cc3ccccc3)C4)CC2)N1c1cccc(F)c1. The Morgan fingerprint density at radius 2 is 1.71 bits per heavy atom. The number of hydrogen-bond donors (Lipinski definition) is 1. The number of para-hydroxylation sites is 1. The number of nitrogens with zero attached hydrogens (tertiary/aromatic N) is 3. The minimum Gasteiger partial charge on any atom is -0.381 e. The summed E-state index contributed by atoms with van der Waals surface area (Å²) >= 11 is 0. The molecule has 1 N–H and O–H groups in total. The number of carbonyl (C=O) groups excluding carboxylic acids is 1. The molecule has 0 radical (unpaired) electrons. The Kier molecular flexibility index (Phi) is 7.57. The number of benzene rings is 3. The van der Waals surface area contributed by atoms with Crippen LogP contribution in [0.1, 0.15) is 68.1 Å². The lowest BCUT2D eigenvalue weighted by atomic mass is 9.82. The van der Waals surface area contributed by atoms with E-state index in [4.69, 9.17) is 4.99 Å². The highest BCUT2D eigenvalue weighted by Gasteiger charge is 2.52. The summed E-state index contributed by atoms with van der Waals surface area (Å²) in [5.74, 6) is -0.250. The van der Waals surface area contributed by atoms with E-state index >= 15 is 0 Å². The number of rotatable bonds is 6. The lowest BCUT2D eigenvalue weighted by Crippen LogP contribution is -2.56. The van der Waals surface area contributed by atoms with Gasteiger partial charge in [0.2, 0.25) is 5.91 Å². The highest BCUT2D eigenvalue weighted by atomic mass is 19.1. The van der Waals surface area contributed by atoms with Gasteiger partial charge in [-0.1, -0.05) is 73.9 Å². The van der Waals surface area contributed by atoms with E-state index in [0.29, 0.717) is 24.2 Å². The van der Waals surface area contributed by atoms with Crippen LogP contribution in [0.2, 0.25) is 0 Å². The van der Waals surface area contributed by atoms with Gasteiger partial charge in [0.1, 0.15) is 5.82 Å². The fourth-order valence-corrected chi connectivity index (χ4v) is 7.87. The molecule has 1 unspecified atom stereocenters. The van der Waals surface area contributed by atoms with Crippen molar-refractivity contribution in [2.75, 3.05) is 23.3 Å². The molecule has 3 heterocycles. The van der Waals surface area contributed by atoms with Gasteiger partial charge in [0.15, 0.2) is 0 Å². The molecule has 6 heteroatoms. The van der Waals surface area contributed by atoms with Crippen LogP contribution in [0.3, 0.4) is 0 Å². The molecule has 1 spiro atoms. The van der Waals surface area contributed by atoms with Crippen molar-refractivity contribution in [3.05, 3.63) is 95.3 Å². The maximum Gasteiger partial charge on any atom is 0.233 e. The lowest BCUT2D eigenvalue weighted by Gasteiger charge is -2.45. The first-order chi connectivity index (χ1) is 20.6.